The van der Waals surface area contributed by atoms with Gasteiger partial charge in [-0.2, -0.15) is 4.31 Å². The number of piperazine rings is 1. The van der Waals surface area contributed by atoms with Crippen molar-refractivity contribution in [3.8, 4) is 11.5 Å². The number of hydrogen-bond acceptors (Lipinski definition) is 6. The first kappa shape index (κ1) is 24.0. The largest absolute Gasteiger partial charge is 0.497 e. The molecule has 9 heteroatoms. The van der Waals surface area contributed by atoms with Gasteiger partial charge < -0.3 is 14.8 Å². The molecule has 1 N–H and O–H groups in total. The molecular weight excluding hydrogens is 430 g/mol. The topological polar surface area (TPSA) is 88.2 Å². The molecule has 0 unspecified atom stereocenters. The van der Waals surface area contributed by atoms with Crippen molar-refractivity contribution in [2.75, 3.05) is 46.9 Å². The zero-order valence-corrected chi connectivity index (χ0v) is 19.8. The molecule has 1 aliphatic rings. The van der Waals surface area contributed by atoms with Crippen LogP contribution in [0, 0.1) is 6.92 Å². The normalized spacial score (nSPS) is 16.4. The van der Waals surface area contributed by atoms with Crippen molar-refractivity contribution >= 4 is 15.9 Å². The second-order valence-corrected chi connectivity index (χ2v) is 9.83. The van der Waals surface area contributed by atoms with Gasteiger partial charge in [-0.1, -0.05) is 17.7 Å². The lowest BCUT2D eigenvalue weighted by Crippen LogP contribution is -2.51. The van der Waals surface area contributed by atoms with Crippen molar-refractivity contribution in [3.05, 3.63) is 53.6 Å². The van der Waals surface area contributed by atoms with Crippen LogP contribution in [0.3, 0.4) is 0 Å². The molecule has 1 fully saturated rings. The molecule has 0 aliphatic carbocycles. The lowest BCUT2D eigenvalue weighted by molar-refractivity contribution is -0.123. The predicted molar refractivity (Wildman–Crippen MR) is 122 cm³/mol. The maximum absolute atomic E-state index is 12.8. The Morgan fingerprint density at radius 2 is 1.69 bits per heavy atom. The zero-order valence-electron chi connectivity index (χ0n) is 19.0. The van der Waals surface area contributed by atoms with E-state index < -0.39 is 10.0 Å². The molecule has 2 aromatic rings. The van der Waals surface area contributed by atoms with Crippen molar-refractivity contribution in [2.45, 2.75) is 24.8 Å². The predicted octanol–water partition coefficient (Wildman–Crippen LogP) is 2.20. The molecule has 0 aromatic heterocycles. The molecule has 0 radical (unpaired) electrons. The Labute approximate surface area is 190 Å². The molecule has 3 rings (SSSR count). The van der Waals surface area contributed by atoms with Gasteiger partial charge in [-0.15, -0.1) is 0 Å². The van der Waals surface area contributed by atoms with Gasteiger partial charge in [-0.25, -0.2) is 8.42 Å². The SMILES string of the molecule is COc1ccc(OC)c([C@@H](C)NC(=O)CN2CCN(S(=O)(=O)c3ccc(C)cc3)CC2)c1. The van der Waals surface area contributed by atoms with Gasteiger partial charge in [0.25, 0.3) is 0 Å². The molecule has 1 aliphatic heterocycles. The van der Waals surface area contributed by atoms with Crippen LogP contribution in [-0.4, -0.2) is 70.5 Å². The van der Waals surface area contributed by atoms with Gasteiger partial charge in [-0.05, 0) is 44.2 Å². The summed E-state index contributed by atoms with van der Waals surface area (Å²) in [5.74, 6) is 1.23. The summed E-state index contributed by atoms with van der Waals surface area (Å²) >= 11 is 0. The van der Waals surface area contributed by atoms with Crippen LogP contribution in [0.15, 0.2) is 47.4 Å². The summed E-state index contributed by atoms with van der Waals surface area (Å²) in [6, 6.07) is 12.1. The number of aryl methyl sites for hydroxylation is 1. The standard InChI is InChI=1S/C23H31N3O5S/c1-17-5-8-20(9-6-17)32(28,29)26-13-11-25(12-14-26)16-23(27)24-18(2)21-15-19(30-3)7-10-22(21)31-4/h5-10,15,18H,11-14,16H2,1-4H3,(H,24,27)/t18-/m1/s1. The highest BCUT2D eigenvalue weighted by Crippen LogP contribution is 2.29. The van der Waals surface area contributed by atoms with E-state index in [1.807, 2.05) is 30.9 Å². The van der Waals surface area contributed by atoms with Crippen LogP contribution in [0.4, 0.5) is 0 Å². The number of nitrogens with zero attached hydrogens (tertiary/aromatic N) is 2. The number of rotatable bonds is 8. The number of hydrogen-bond donors (Lipinski definition) is 1. The molecule has 0 spiro atoms. The smallest absolute Gasteiger partial charge is 0.243 e. The Balaban J connectivity index is 1.55. The van der Waals surface area contributed by atoms with E-state index in [4.69, 9.17) is 9.47 Å². The highest BCUT2D eigenvalue weighted by molar-refractivity contribution is 7.89. The third-order valence-corrected chi connectivity index (χ3v) is 7.55. The third kappa shape index (κ3) is 5.59. The van der Waals surface area contributed by atoms with E-state index in [1.165, 1.54) is 4.31 Å². The lowest BCUT2D eigenvalue weighted by Gasteiger charge is -2.33. The van der Waals surface area contributed by atoms with Gasteiger partial charge in [0.15, 0.2) is 0 Å². The fraction of sp³-hybridized carbons (Fsp3) is 0.435. The van der Waals surface area contributed by atoms with Crippen LogP contribution < -0.4 is 14.8 Å². The molecule has 1 amide bonds. The van der Waals surface area contributed by atoms with Crippen LogP contribution in [0.5, 0.6) is 11.5 Å². The first-order valence-electron chi connectivity index (χ1n) is 10.5. The van der Waals surface area contributed by atoms with E-state index in [-0.39, 0.29) is 18.5 Å². The Kier molecular flexibility index (Phi) is 7.76. The van der Waals surface area contributed by atoms with E-state index in [0.29, 0.717) is 42.6 Å². The first-order chi connectivity index (χ1) is 15.2. The van der Waals surface area contributed by atoms with Gasteiger partial charge >= 0.3 is 0 Å². The molecule has 1 atom stereocenters. The van der Waals surface area contributed by atoms with Gasteiger partial charge in [0, 0.05) is 31.7 Å². The summed E-state index contributed by atoms with van der Waals surface area (Å²) < 4.78 is 37.9. The summed E-state index contributed by atoms with van der Waals surface area (Å²) in [5.41, 5.74) is 1.84. The molecule has 32 heavy (non-hydrogen) atoms. The van der Waals surface area contributed by atoms with Gasteiger partial charge in [0.2, 0.25) is 15.9 Å². The first-order valence-corrected chi connectivity index (χ1v) is 12.0. The molecule has 1 saturated heterocycles. The molecular formula is C23H31N3O5S. The number of carbonyl (C=O) groups excluding carboxylic acids is 1. The highest BCUT2D eigenvalue weighted by Gasteiger charge is 2.29. The zero-order chi connectivity index (χ0) is 23.3. The number of methoxy groups -OCH3 is 2. The van der Waals surface area contributed by atoms with Crippen molar-refractivity contribution in [1.29, 1.82) is 0 Å². The number of amides is 1. The summed E-state index contributed by atoms with van der Waals surface area (Å²) in [5, 5.41) is 2.99. The van der Waals surface area contributed by atoms with Crippen LogP contribution in [-0.2, 0) is 14.8 Å². The van der Waals surface area contributed by atoms with Crippen LogP contribution in [0.1, 0.15) is 24.1 Å². The van der Waals surface area contributed by atoms with Crippen molar-refractivity contribution in [3.63, 3.8) is 0 Å². The number of sulfonamides is 1. The van der Waals surface area contributed by atoms with Gasteiger partial charge in [0.05, 0.1) is 31.7 Å². The monoisotopic (exact) mass is 461 g/mol. The van der Waals surface area contributed by atoms with Gasteiger partial charge in [-0.3, -0.25) is 9.69 Å². The summed E-state index contributed by atoms with van der Waals surface area (Å²) in [6.07, 6.45) is 0. The molecule has 0 bridgehead atoms. The molecule has 2 aromatic carbocycles. The second-order valence-electron chi connectivity index (χ2n) is 7.89. The number of ether oxygens (including phenoxy) is 2. The third-order valence-electron chi connectivity index (χ3n) is 5.64. The average Bonchev–Trinajstić information content (AvgIpc) is 2.79. The van der Waals surface area contributed by atoms with E-state index >= 15 is 0 Å². The minimum Gasteiger partial charge on any atom is -0.497 e. The highest BCUT2D eigenvalue weighted by atomic mass is 32.2. The molecule has 1 heterocycles. The summed E-state index contributed by atoms with van der Waals surface area (Å²) in [7, 11) is -0.342. The summed E-state index contributed by atoms with van der Waals surface area (Å²) in [6.45, 7) is 5.71. The lowest BCUT2D eigenvalue weighted by atomic mass is 10.1. The van der Waals surface area contributed by atoms with Crippen LogP contribution in [0.25, 0.3) is 0 Å². The maximum atomic E-state index is 12.8. The van der Waals surface area contributed by atoms with E-state index in [1.54, 1.807) is 44.6 Å². The number of nitrogens with one attached hydrogen (secondary N) is 1. The number of benzene rings is 2. The quantitative estimate of drug-likeness (QED) is 0.649. The Morgan fingerprint density at radius 3 is 2.28 bits per heavy atom. The van der Waals surface area contributed by atoms with E-state index in [0.717, 1.165) is 11.1 Å². The Morgan fingerprint density at radius 1 is 1.03 bits per heavy atom. The van der Waals surface area contributed by atoms with Crippen LogP contribution in [0.2, 0.25) is 0 Å². The maximum Gasteiger partial charge on any atom is 0.243 e. The summed E-state index contributed by atoms with van der Waals surface area (Å²) in [4.78, 5) is 14.9. The Hall–Kier alpha value is -2.62. The number of carbonyl (C=O) groups is 1. The van der Waals surface area contributed by atoms with E-state index in [9.17, 15) is 13.2 Å². The minimum atomic E-state index is -3.52. The van der Waals surface area contributed by atoms with Gasteiger partial charge in [0.1, 0.15) is 11.5 Å². The van der Waals surface area contributed by atoms with Crippen molar-refractivity contribution < 1.29 is 22.7 Å². The molecule has 0 saturated carbocycles. The van der Waals surface area contributed by atoms with E-state index in [2.05, 4.69) is 5.32 Å². The molecule has 8 nitrogen and oxygen atoms in total. The fourth-order valence-electron chi connectivity index (χ4n) is 3.73. The average molecular weight is 462 g/mol. The minimum absolute atomic E-state index is 0.128. The van der Waals surface area contributed by atoms with Crippen molar-refractivity contribution in [1.82, 2.24) is 14.5 Å². The second kappa shape index (κ2) is 10.3. The van der Waals surface area contributed by atoms with Crippen molar-refractivity contribution in [2.24, 2.45) is 0 Å². The van der Waals surface area contributed by atoms with Crippen LogP contribution >= 0.6 is 0 Å². The Bertz CT molecular complexity index is 1030. The molecule has 174 valence electrons. The fourth-order valence-corrected chi connectivity index (χ4v) is 5.16.